The zero-order valence-electron chi connectivity index (χ0n) is 14.8. The summed E-state index contributed by atoms with van der Waals surface area (Å²) in [5.41, 5.74) is 0.625. The van der Waals surface area contributed by atoms with Gasteiger partial charge in [-0.15, -0.1) is 0 Å². The molecule has 26 heavy (non-hydrogen) atoms. The number of aromatic nitrogens is 2. The molecule has 0 aromatic carbocycles. The summed E-state index contributed by atoms with van der Waals surface area (Å²) in [5, 5.41) is 4.45. The highest BCUT2D eigenvalue weighted by Gasteiger charge is 2.36. The first-order valence-corrected chi connectivity index (χ1v) is 8.40. The third kappa shape index (κ3) is 5.72. The first kappa shape index (κ1) is 20.2. The van der Waals surface area contributed by atoms with Crippen LogP contribution in [-0.2, 0) is 20.9 Å². The minimum absolute atomic E-state index is 0.287. The van der Waals surface area contributed by atoms with Crippen molar-refractivity contribution < 1.29 is 27.5 Å². The van der Waals surface area contributed by atoms with Crippen LogP contribution in [-0.4, -0.2) is 71.4 Å². The zero-order valence-corrected chi connectivity index (χ0v) is 14.8. The van der Waals surface area contributed by atoms with Crippen molar-refractivity contribution in [2.75, 3.05) is 33.8 Å². The first-order chi connectivity index (χ1) is 12.2. The number of carbonyl (C=O) groups excluding carboxylic acids is 2. The second-order valence-corrected chi connectivity index (χ2v) is 6.51. The summed E-state index contributed by atoms with van der Waals surface area (Å²) in [6.45, 7) is -0.0239. The lowest BCUT2D eigenvalue weighted by molar-refractivity contribution is -0.190. The number of esters is 1. The van der Waals surface area contributed by atoms with Crippen molar-refractivity contribution in [1.82, 2.24) is 19.6 Å². The zero-order chi connectivity index (χ0) is 19.3. The quantitative estimate of drug-likeness (QED) is 0.577. The highest BCUT2D eigenvalue weighted by atomic mass is 19.4. The molecule has 0 N–H and O–H groups in total. The molecule has 0 bridgehead atoms. The molecule has 0 aliphatic carbocycles. The fraction of sp³-hybridized carbons (Fsp3) is 0.688. The molecule has 7 nitrogen and oxygen atoms in total. The number of hydrogen-bond donors (Lipinski definition) is 0. The van der Waals surface area contributed by atoms with Crippen molar-refractivity contribution in [3.63, 3.8) is 0 Å². The molecule has 1 aromatic rings. The standard InChI is InChI=1S/C16H23F3N4O3/c1-21(2)9-10-22-8-6-12(20-22)13-5-3-4-7-23(13)14(24)15(25)26-11-16(17,18)19/h6,8,13H,3-5,7,9-11H2,1-2H3/t13-/m0/s1. The molecule has 0 spiro atoms. The van der Waals surface area contributed by atoms with Gasteiger partial charge in [0.1, 0.15) is 0 Å². The third-order valence-corrected chi connectivity index (χ3v) is 4.08. The van der Waals surface area contributed by atoms with Crippen LogP contribution in [0.2, 0.25) is 0 Å². The number of halogens is 3. The molecule has 1 aliphatic heterocycles. The molecule has 1 aromatic heterocycles. The summed E-state index contributed by atoms with van der Waals surface area (Å²) >= 11 is 0. The number of carbonyl (C=O) groups is 2. The number of alkyl halides is 3. The summed E-state index contributed by atoms with van der Waals surface area (Å²) in [7, 11) is 3.89. The van der Waals surface area contributed by atoms with Crippen LogP contribution in [0, 0.1) is 0 Å². The van der Waals surface area contributed by atoms with Gasteiger partial charge in [-0.25, -0.2) is 4.79 Å². The van der Waals surface area contributed by atoms with E-state index in [9.17, 15) is 22.8 Å². The molecular weight excluding hydrogens is 353 g/mol. The predicted molar refractivity (Wildman–Crippen MR) is 86.1 cm³/mol. The summed E-state index contributed by atoms with van der Waals surface area (Å²) in [4.78, 5) is 27.2. The van der Waals surface area contributed by atoms with Gasteiger partial charge in [-0.3, -0.25) is 9.48 Å². The number of likely N-dealkylation sites (N-methyl/N-ethyl adjacent to an activating group) is 1. The topological polar surface area (TPSA) is 67.7 Å². The highest BCUT2D eigenvalue weighted by molar-refractivity contribution is 6.32. The molecule has 10 heteroatoms. The van der Waals surface area contributed by atoms with E-state index in [1.807, 2.05) is 19.0 Å². The predicted octanol–water partition coefficient (Wildman–Crippen LogP) is 1.60. The fourth-order valence-electron chi connectivity index (χ4n) is 2.79. The van der Waals surface area contributed by atoms with Crippen molar-refractivity contribution in [3.05, 3.63) is 18.0 Å². The number of amides is 1. The van der Waals surface area contributed by atoms with E-state index >= 15 is 0 Å². The summed E-state index contributed by atoms with van der Waals surface area (Å²) in [6.07, 6.45) is -0.754. The molecule has 2 rings (SSSR count). The van der Waals surface area contributed by atoms with Crippen LogP contribution in [0.25, 0.3) is 0 Å². The Morgan fingerprint density at radius 3 is 2.73 bits per heavy atom. The van der Waals surface area contributed by atoms with Crippen LogP contribution in [0.1, 0.15) is 31.0 Å². The van der Waals surface area contributed by atoms with Gasteiger partial charge in [-0.05, 0) is 39.4 Å². The Bertz CT molecular complexity index is 631. The average molecular weight is 376 g/mol. The van der Waals surface area contributed by atoms with E-state index < -0.39 is 30.7 Å². The van der Waals surface area contributed by atoms with Gasteiger partial charge in [0.05, 0.1) is 18.3 Å². The largest absolute Gasteiger partial charge is 0.449 e. The molecule has 0 saturated carbocycles. The second kappa shape index (κ2) is 8.52. The fourth-order valence-corrected chi connectivity index (χ4v) is 2.79. The highest BCUT2D eigenvalue weighted by Crippen LogP contribution is 2.30. The molecule has 0 unspecified atom stereocenters. The molecule has 1 amide bonds. The van der Waals surface area contributed by atoms with Crippen LogP contribution in [0.4, 0.5) is 13.2 Å². The first-order valence-electron chi connectivity index (χ1n) is 8.40. The van der Waals surface area contributed by atoms with E-state index in [1.54, 1.807) is 16.9 Å². The lowest BCUT2D eigenvalue weighted by Crippen LogP contribution is -2.43. The van der Waals surface area contributed by atoms with Crippen LogP contribution >= 0.6 is 0 Å². The van der Waals surface area contributed by atoms with Gasteiger partial charge in [-0.1, -0.05) is 0 Å². The Morgan fingerprint density at radius 1 is 1.35 bits per heavy atom. The van der Waals surface area contributed by atoms with Crippen molar-refractivity contribution in [3.8, 4) is 0 Å². The average Bonchev–Trinajstić information content (AvgIpc) is 3.05. The Labute approximate surface area is 149 Å². The van der Waals surface area contributed by atoms with Crippen molar-refractivity contribution in [2.45, 2.75) is 38.0 Å². The van der Waals surface area contributed by atoms with Gasteiger partial charge >= 0.3 is 18.1 Å². The Hall–Kier alpha value is -2.10. The number of piperidine rings is 1. The number of hydrogen-bond acceptors (Lipinski definition) is 5. The summed E-state index contributed by atoms with van der Waals surface area (Å²) < 4.78 is 42.4. The third-order valence-electron chi connectivity index (χ3n) is 4.08. The minimum atomic E-state index is -4.66. The number of nitrogens with zero attached hydrogens (tertiary/aromatic N) is 4. The number of likely N-dealkylation sites (tertiary alicyclic amines) is 1. The monoisotopic (exact) mass is 376 g/mol. The lowest BCUT2D eigenvalue weighted by Gasteiger charge is -2.33. The van der Waals surface area contributed by atoms with E-state index in [0.29, 0.717) is 25.1 Å². The normalized spacial score (nSPS) is 18.2. The van der Waals surface area contributed by atoms with Gasteiger partial charge in [-0.2, -0.15) is 18.3 Å². The van der Waals surface area contributed by atoms with E-state index in [1.165, 1.54) is 4.90 Å². The van der Waals surface area contributed by atoms with E-state index in [2.05, 4.69) is 9.84 Å². The summed E-state index contributed by atoms with van der Waals surface area (Å²) in [6, 6.07) is 1.34. The molecule has 1 atom stereocenters. The van der Waals surface area contributed by atoms with Crippen molar-refractivity contribution in [1.29, 1.82) is 0 Å². The lowest BCUT2D eigenvalue weighted by atomic mass is 9.99. The molecule has 0 radical (unpaired) electrons. The maximum atomic E-state index is 12.3. The van der Waals surface area contributed by atoms with E-state index in [-0.39, 0.29) is 6.54 Å². The van der Waals surface area contributed by atoms with Gasteiger partial charge < -0.3 is 14.5 Å². The van der Waals surface area contributed by atoms with Crippen LogP contribution in [0.3, 0.4) is 0 Å². The van der Waals surface area contributed by atoms with Crippen molar-refractivity contribution >= 4 is 11.9 Å². The molecule has 146 valence electrons. The number of ether oxygens (including phenoxy) is 1. The van der Waals surface area contributed by atoms with Gasteiger partial charge in [0.15, 0.2) is 6.61 Å². The number of rotatable bonds is 5. The molecule has 1 saturated heterocycles. The maximum Gasteiger partial charge on any atom is 0.422 e. The van der Waals surface area contributed by atoms with Crippen molar-refractivity contribution in [2.24, 2.45) is 0 Å². The molecular formula is C16H23F3N4O3. The Balaban J connectivity index is 2.04. The van der Waals surface area contributed by atoms with Crippen LogP contribution in [0.5, 0.6) is 0 Å². The summed E-state index contributed by atoms with van der Waals surface area (Å²) in [5.74, 6) is -2.54. The Morgan fingerprint density at radius 2 is 2.08 bits per heavy atom. The minimum Gasteiger partial charge on any atom is -0.449 e. The molecule has 1 aliphatic rings. The smallest absolute Gasteiger partial charge is 0.422 e. The van der Waals surface area contributed by atoms with Gasteiger partial charge in [0.2, 0.25) is 0 Å². The Kier molecular flexibility index (Phi) is 6.63. The second-order valence-electron chi connectivity index (χ2n) is 6.51. The van der Waals surface area contributed by atoms with Crippen LogP contribution < -0.4 is 0 Å². The van der Waals surface area contributed by atoms with E-state index in [4.69, 9.17) is 0 Å². The molecule has 1 fully saturated rings. The van der Waals surface area contributed by atoms with Crippen LogP contribution in [0.15, 0.2) is 12.3 Å². The van der Waals surface area contributed by atoms with Gasteiger partial charge in [0, 0.05) is 19.3 Å². The maximum absolute atomic E-state index is 12.3. The SMILES string of the molecule is CN(C)CCn1ccc([C@@H]2CCCCN2C(=O)C(=O)OCC(F)(F)F)n1. The van der Waals surface area contributed by atoms with Gasteiger partial charge in [0.25, 0.3) is 0 Å². The van der Waals surface area contributed by atoms with E-state index in [0.717, 1.165) is 13.0 Å². The molecule has 2 heterocycles.